The molecular weight excluding hydrogens is 324 g/mol. The summed E-state index contributed by atoms with van der Waals surface area (Å²) in [7, 11) is 0. The van der Waals surface area contributed by atoms with Gasteiger partial charge in [0, 0.05) is 19.6 Å². The van der Waals surface area contributed by atoms with Gasteiger partial charge in [-0.1, -0.05) is 60.7 Å². The van der Waals surface area contributed by atoms with E-state index in [1.165, 1.54) is 0 Å². The van der Waals surface area contributed by atoms with Crippen molar-refractivity contribution in [1.82, 2.24) is 15.5 Å². The molecule has 0 fully saturated rings. The molecule has 0 heterocycles. The molecule has 138 valence electrons. The number of likely N-dealkylation sites (N-methyl/N-ethyl adjacent to an activating group) is 1. The molecule has 0 aliphatic carbocycles. The van der Waals surface area contributed by atoms with E-state index in [9.17, 15) is 4.79 Å². The molecule has 0 aromatic heterocycles. The summed E-state index contributed by atoms with van der Waals surface area (Å²) in [5.74, 6) is 0.710. The molecule has 0 aliphatic heterocycles. The summed E-state index contributed by atoms with van der Waals surface area (Å²) in [6.07, 6.45) is 0. The Hall–Kier alpha value is -2.82. The average molecular weight is 352 g/mol. The van der Waals surface area contributed by atoms with E-state index in [0.29, 0.717) is 25.6 Å². The van der Waals surface area contributed by atoms with E-state index in [4.69, 9.17) is 0 Å². The zero-order valence-corrected chi connectivity index (χ0v) is 15.6. The van der Waals surface area contributed by atoms with Crippen LogP contribution in [0.4, 0.5) is 0 Å². The number of aliphatic imine (C=N–C) groups is 1. The van der Waals surface area contributed by atoms with Crippen LogP contribution in [0.3, 0.4) is 0 Å². The van der Waals surface area contributed by atoms with Gasteiger partial charge in [-0.15, -0.1) is 0 Å². The topological polar surface area (TPSA) is 56.7 Å². The lowest BCUT2D eigenvalue weighted by molar-refractivity contribution is -0.130. The van der Waals surface area contributed by atoms with Crippen LogP contribution in [0.5, 0.6) is 0 Å². The van der Waals surface area contributed by atoms with Crippen molar-refractivity contribution in [3.8, 4) is 0 Å². The molecule has 0 radical (unpaired) electrons. The highest BCUT2D eigenvalue weighted by Gasteiger charge is 2.12. The van der Waals surface area contributed by atoms with Gasteiger partial charge in [-0.2, -0.15) is 0 Å². The van der Waals surface area contributed by atoms with Gasteiger partial charge in [-0.25, -0.2) is 4.99 Å². The van der Waals surface area contributed by atoms with Crippen molar-refractivity contribution in [3.05, 3.63) is 71.8 Å². The average Bonchev–Trinajstić information content (AvgIpc) is 2.69. The van der Waals surface area contributed by atoms with Gasteiger partial charge in [-0.3, -0.25) is 4.79 Å². The van der Waals surface area contributed by atoms with Gasteiger partial charge in [0.15, 0.2) is 5.96 Å². The molecule has 0 aliphatic rings. The number of nitrogens with one attached hydrogen (secondary N) is 2. The summed E-state index contributed by atoms with van der Waals surface area (Å²) in [5, 5.41) is 6.32. The minimum absolute atomic E-state index is 0.0571. The fourth-order valence-corrected chi connectivity index (χ4v) is 2.55. The number of guanidine groups is 1. The SMILES string of the molecule is CCNC(=NCc1ccccc1)NCC(=O)N(CC)Cc1ccccc1. The van der Waals surface area contributed by atoms with Gasteiger partial charge in [0.05, 0.1) is 13.1 Å². The molecule has 0 unspecified atom stereocenters. The maximum atomic E-state index is 12.5. The summed E-state index contributed by atoms with van der Waals surface area (Å²) >= 11 is 0. The van der Waals surface area contributed by atoms with Gasteiger partial charge < -0.3 is 15.5 Å². The summed E-state index contributed by atoms with van der Waals surface area (Å²) in [6.45, 7) is 6.84. The molecular formula is C21H28N4O. The highest BCUT2D eigenvalue weighted by molar-refractivity contribution is 5.86. The van der Waals surface area contributed by atoms with Crippen LogP contribution in [0.2, 0.25) is 0 Å². The normalized spacial score (nSPS) is 11.1. The van der Waals surface area contributed by atoms with Crippen LogP contribution < -0.4 is 10.6 Å². The van der Waals surface area contributed by atoms with Crippen LogP contribution in [0.25, 0.3) is 0 Å². The van der Waals surface area contributed by atoms with Crippen LogP contribution in [0, 0.1) is 0 Å². The minimum atomic E-state index is 0.0571. The Morgan fingerprint density at radius 3 is 2.12 bits per heavy atom. The van der Waals surface area contributed by atoms with E-state index in [1.54, 1.807) is 0 Å². The van der Waals surface area contributed by atoms with Crippen LogP contribution in [-0.4, -0.2) is 36.4 Å². The van der Waals surface area contributed by atoms with Crippen molar-refractivity contribution in [1.29, 1.82) is 0 Å². The van der Waals surface area contributed by atoms with Gasteiger partial charge >= 0.3 is 0 Å². The zero-order valence-electron chi connectivity index (χ0n) is 15.6. The second kappa shape index (κ2) is 10.9. The smallest absolute Gasteiger partial charge is 0.242 e. The maximum absolute atomic E-state index is 12.5. The summed E-state index contributed by atoms with van der Waals surface area (Å²) in [5.41, 5.74) is 2.27. The monoisotopic (exact) mass is 352 g/mol. The van der Waals surface area contributed by atoms with E-state index in [2.05, 4.69) is 15.6 Å². The number of benzene rings is 2. The molecule has 2 rings (SSSR count). The fourth-order valence-electron chi connectivity index (χ4n) is 2.55. The van der Waals surface area contributed by atoms with E-state index >= 15 is 0 Å². The third-order valence-corrected chi connectivity index (χ3v) is 3.96. The van der Waals surface area contributed by atoms with E-state index < -0.39 is 0 Å². The lowest BCUT2D eigenvalue weighted by Gasteiger charge is -2.22. The first-order valence-corrected chi connectivity index (χ1v) is 9.10. The molecule has 0 spiro atoms. The third kappa shape index (κ3) is 6.59. The fraction of sp³-hybridized carbons (Fsp3) is 0.333. The molecule has 2 aromatic carbocycles. The maximum Gasteiger partial charge on any atom is 0.242 e. The van der Waals surface area contributed by atoms with E-state index in [0.717, 1.165) is 17.7 Å². The standard InChI is InChI=1S/C21H28N4O/c1-3-22-21(23-15-18-11-7-5-8-12-18)24-16-20(26)25(4-2)17-19-13-9-6-10-14-19/h5-14H,3-4,15-17H2,1-2H3,(H2,22,23,24). The van der Waals surface area contributed by atoms with Crippen molar-refractivity contribution < 1.29 is 4.79 Å². The molecule has 0 bridgehead atoms. The number of hydrogen-bond donors (Lipinski definition) is 2. The van der Waals surface area contributed by atoms with Crippen molar-refractivity contribution in [2.45, 2.75) is 26.9 Å². The van der Waals surface area contributed by atoms with Crippen LogP contribution in [-0.2, 0) is 17.9 Å². The Labute approximate surface area is 156 Å². The highest BCUT2D eigenvalue weighted by atomic mass is 16.2. The zero-order chi connectivity index (χ0) is 18.6. The van der Waals surface area contributed by atoms with Crippen molar-refractivity contribution >= 4 is 11.9 Å². The molecule has 5 nitrogen and oxygen atoms in total. The van der Waals surface area contributed by atoms with Gasteiger partial charge in [-0.05, 0) is 25.0 Å². The number of hydrogen-bond acceptors (Lipinski definition) is 2. The summed E-state index contributed by atoms with van der Waals surface area (Å²) in [6, 6.07) is 20.1. The van der Waals surface area contributed by atoms with Gasteiger partial charge in [0.25, 0.3) is 0 Å². The molecule has 0 atom stereocenters. The van der Waals surface area contributed by atoms with Crippen molar-refractivity contribution in [2.75, 3.05) is 19.6 Å². The molecule has 5 heteroatoms. The predicted molar refractivity (Wildman–Crippen MR) is 107 cm³/mol. The van der Waals surface area contributed by atoms with Crippen LogP contribution >= 0.6 is 0 Å². The highest BCUT2D eigenvalue weighted by Crippen LogP contribution is 2.04. The third-order valence-electron chi connectivity index (χ3n) is 3.96. The number of amides is 1. The lowest BCUT2D eigenvalue weighted by Crippen LogP contribution is -2.44. The van der Waals surface area contributed by atoms with Gasteiger partial charge in [0.1, 0.15) is 0 Å². The van der Waals surface area contributed by atoms with Gasteiger partial charge in [0.2, 0.25) is 5.91 Å². The largest absolute Gasteiger partial charge is 0.357 e. The quantitative estimate of drug-likeness (QED) is 0.567. The van der Waals surface area contributed by atoms with Crippen molar-refractivity contribution in [2.24, 2.45) is 4.99 Å². The molecule has 1 amide bonds. The Morgan fingerprint density at radius 2 is 1.54 bits per heavy atom. The molecule has 2 N–H and O–H groups in total. The summed E-state index contributed by atoms with van der Waals surface area (Å²) < 4.78 is 0. The molecule has 26 heavy (non-hydrogen) atoms. The van der Waals surface area contributed by atoms with Crippen molar-refractivity contribution in [3.63, 3.8) is 0 Å². The lowest BCUT2D eigenvalue weighted by atomic mass is 10.2. The Balaban J connectivity index is 1.90. The Kier molecular flexibility index (Phi) is 8.19. The number of nitrogens with zero attached hydrogens (tertiary/aromatic N) is 2. The number of carbonyl (C=O) groups excluding carboxylic acids is 1. The summed E-state index contributed by atoms with van der Waals surface area (Å²) in [4.78, 5) is 18.9. The first-order valence-electron chi connectivity index (χ1n) is 9.10. The minimum Gasteiger partial charge on any atom is -0.357 e. The van der Waals surface area contributed by atoms with Crippen LogP contribution in [0.15, 0.2) is 65.7 Å². The number of carbonyl (C=O) groups is 1. The van der Waals surface area contributed by atoms with Crippen LogP contribution in [0.1, 0.15) is 25.0 Å². The second-order valence-corrected chi connectivity index (χ2v) is 5.93. The second-order valence-electron chi connectivity index (χ2n) is 5.93. The first-order chi connectivity index (χ1) is 12.7. The molecule has 2 aromatic rings. The number of rotatable bonds is 8. The Morgan fingerprint density at radius 1 is 0.923 bits per heavy atom. The Bertz CT molecular complexity index is 686. The van der Waals surface area contributed by atoms with E-state index in [-0.39, 0.29) is 12.5 Å². The van der Waals surface area contributed by atoms with E-state index in [1.807, 2.05) is 79.4 Å². The molecule has 0 saturated carbocycles. The molecule has 0 saturated heterocycles. The predicted octanol–water partition coefficient (Wildman–Crippen LogP) is 2.79. The first kappa shape index (κ1) is 19.5.